The number of carbonyl (C=O) groups is 1. The monoisotopic (exact) mass is 265 g/mol. The van der Waals surface area contributed by atoms with Gasteiger partial charge in [0.15, 0.2) is 5.82 Å². The highest BCUT2D eigenvalue weighted by Gasteiger charge is 2.16. The van der Waals surface area contributed by atoms with Crippen LogP contribution in [-0.2, 0) is 11.2 Å². The Kier molecular flexibility index (Phi) is 3.84. The van der Waals surface area contributed by atoms with Crippen LogP contribution in [0, 0.1) is 11.7 Å². The van der Waals surface area contributed by atoms with Gasteiger partial charge < -0.3 is 9.52 Å². The van der Waals surface area contributed by atoms with Crippen LogP contribution in [0.1, 0.15) is 19.2 Å². The molecular formula is C12H12FN3O3. The van der Waals surface area contributed by atoms with Gasteiger partial charge in [0, 0.05) is 19.0 Å². The van der Waals surface area contributed by atoms with Crippen LogP contribution in [0.3, 0.4) is 0 Å². The van der Waals surface area contributed by atoms with E-state index >= 15 is 0 Å². The van der Waals surface area contributed by atoms with E-state index in [1.54, 1.807) is 6.92 Å². The van der Waals surface area contributed by atoms with Gasteiger partial charge >= 0.3 is 5.97 Å². The van der Waals surface area contributed by atoms with Crippen molar-refractivity contribution in [3.63, 3.8) is 0 Å². The average molecular weight is 265 g/mol. The molecule has 2 rings (SSSR count). The smallest absolute Gasteiger partial charge is 0.303 e. The minimum absolute atomic E-state index is 0.0152. The molecule has 0 aliphatic carbocycles. The Balaban J connectivity index is 2.11. The molecule has 7 heteroatoms. The van der Waals surface area contributed by atoms with Crippen LogP contribution in [0.5, 0.6) is 0 Å². The second kappa shape index (κ2) is 5.55. The SMILES string of the molecule is CC(CC(=O)O)Cc1nnc(-c2ccncc2F)o1. The summed E-state index contributed by atoms with van der Waals surface area (Å²) in [6, 6.07) is 1.44. The van der Waals surface area contributed by atoms with Gasteiger partial charge in [-0.15, -0.1) is 10.2 Å². The average Bonchev–Trinajstić information content (AvgIpc) is 2.76. The summed E-state index contributed by atoms with van der Waals surface area (Å²) in [5.41, 5.74) is 0.180. The molecule has 0 saturated carbocycles. The lowest BCUT2D eigenvalue weighted by molar-refractivity contribution is -0.137. The minimum atomic E-state index is -0.882. The Bertz CT molecular complexity index is 585. The molecule has 2 aromatic rings. The highest BCUT2D eigenvalue weighted by Crippen LogP contribution is 2.21. The number of nitrogens with zero attached hydrogens (tertiary/aromatic N) is 3. The van der Waals surface area contributed by atoms with Gasteiger partial charge in [0.05, 0.1) is 11.8 Å². The second-order valence-electron chi connectivity index (χ2n) is 4.26. The minimum Gasteiger partial charge on any atom is -0.481 e. The first-order valence-corrected chi connectivity index (χ1v) is 5.70. The lowest BCUT2D eigenvalue weighted by Crippen LogP contribution is -2.07. The van der Waals surface area contributed by atoms with E-state index < -0.39 is 11.8 Å². The van der Waals surface area contributed by atoms with Gasteiger partial charge in [-0.05, 0) is 12.0 Å². The van der Waals surface area contributed by atoms with E-state index in [1.165, 1.54) is 12.3 Å². The second-order valence-corrected chi connectivity index (χ2v) is 4.26. The van der Waals surface area contributed by atoms with Crippen LogP contribution in [0.4, 0.5) is 4.39 Å². The molecule has 1 N–H and O–H groups in total. The molecular weight excluding hydrogens is 253 g/mol. The summed E-state index contributed by atoms with van der Waals surface area (Å²) in [6.45, 7) is 1.77. The van der Waals surface area contributed by atoms with Crippen LogP contribution < -0.4 is 0 Å². The highest BCUT2D eigenvalue weighted by atomic mass is 19.1. The van der Waals surface area contributed by atoms with Crippen LogP contribution in [0.2, 0.25) is 0 Å². The van der Waals surface area contributed by atoms with Gasteiger partial charge in [-0.3, -0.25) is 9.78 Å². The van der Waals surface area contributed by atoms with Crippen molar-refractivity contribution in [2.24, 2.45) is 5.92 Å². The lowest BCUT2D eigenvalue weighted by Gasteiger charge is -2.03. The number of carboxylic acids is 1. The quantitative estimate of drug-likeness (QED) is 0.888. The number of rotatable bonds is 5. The molecule has 0 aromatic carbocycles. The number of hydrogen-bond donors (Lipinski definition) is 1. The molecule has 0 aliphatic rings. The topological polar surface area (TPSA) is 89.1 Å². The number of halogens is 1. The molecule has 0 saturated heterocycles. The summed E-state index contributed by atoms with van der Waals surface area (Å²) in [6.07, 6.45) is 2.84. The van der Waals surface area contributed by atoms with Crippen molar-refractivity contribution in [3.8, 4) is 11.5 Å². The molecule has 6 nitrogen and oxygen atoms in total. The van der Waals surface area contributed by atoms with Crippen molar-refractivity contribution >= 4 is 5.97 Å². The summed E-state index contributed by atoms with van der Waals surface area (Å²) in [5, 5.41) is 16.2. The Morgan fingerprint density at radius 1 is 1.53 bits per heavy atom. The third-order valence-electron chi connectivity index (χ3n) is 2.52. The molecule has 1 unspecified atom stereocenters. The Hall–Kier alpha value is -2.31. The number of pyridine rings is 1. The standard InChI is InChI=1S/C12H12FN3O3/c1-7(5-11(17)18)4-10-15-16-12(19-10)8-2-3-14-6-9(8)13/h2-3,6-7H,4-5H2,1H3,(H,17,18). The fourth-order valence-electron chi connectivity index (χ4n) is 1.66. The van der Waals surface area contributed by atoms with Crippen LogP contribution in [0.25, 0.3) is 11.5 Å². The molecule has 2 aromatic heterocycles. The normalized spacial score (nSPS) is 12.3. The van der Waals surface area contributed by atoms with Crippen molar-refractivity contribution in [3.05, 3.63) is 30.2 Å². The largest absolute Gasteiger partial charge is 0.481 e. The van der Waals surface area contributed by atoms with Gasteiger partial charge in [-0.1, -0.05) is 6.92 Å². The molecule has 19 heavy (non-hydrogen) atoms. The van der Waals surface area contributed by atoms with E-state index in [2.05, 4.69) is 15.2 Å². The van der Waals surface area contributed by atoms with Crippen molar-refractivity contribution < 1.29 is 18.7 Å². The third kappa shape index (κ3) is 3.34. The zero-order valence-corrected chi connectivity index (χ0v) is 10.2. The maximum atomic E-state index is 13.5. The van der Waals surface area contributed by atoms with Crippen LogP contribution in [0.15, 0.2) is 22.9 Å². The Morgan fingerprint density at radius 2 is 2.32 bits per heavy atom. The lowest BCUT2D eigenvalue weighted by atomic mass is 10.0. The van der Waals surface area contributed by atoms with Crippen LogP contribution in [-0.4, -0.2) is 26.3 Å². The summed E-state index contributed by atoms with van der Waals surface area (Å²) < 4.78 is 18.8. The van der Waals surface area contributed by atoms with E-state index in [-0.39, 0.29) is 23.8 Å². The molecule has 0 spiro atoms. The maximum Gasteiger partial charge on any atom is 0.303 e. The van der Waals surface area contributed by atoms with Crippen molar-refractivity contribution in [1.82, 2.24) is 15.2 Å². The molecule has 1 atom stereocenters. The molecule has 0 amide bonds. The summed E-state index contributed by atoms with van der Waals surface area (Å²) >= 11 is 0. The number of hydrogen-bond acceptors (Lipinski definition) is 5. The first kappa shape index (κ1) is 13.1. The maximum absolute atomic E-state index is 13.5. The van der Waals surface area contributed by atoms with E-state index in [4.69, 9.17) is 9.52 Å². The third-order valence-corrected chi connectivity index (χ3v) is 2.52. The Morgan fingerprint density at radius 3 is 3.00 bits per heavy atom. The van der Waals surface area contributed by atoms with Crippen LogP contribution >= 0.6 is 0 Å². The molecule has 0 radical (unpaired) electrons. The van der Waals surface area contributed by atoms with Gasteiger partial charge in [0.25, 0.3) is 5.89 Å². The van der Waals surface area contributed by atoms with Gasteiger partial charge in [0.2, 0.25) is 5.89 Å². The fraction of sp³-hybridized carbons (Fsp3) is 0.333. The van der Waals surface area contributed by atoms with Crippen molar-refractivity contribution in [2.75, 3.05) is 0 Å². The fourth-order valence-corrected chi connectivity index (χ4v) is 1.66. The molecule has 0 fully saturated rings. The van der Waals surface area contributed by atoms with E-state index in [0.717, 1.165) is 6.20 Å². The molecule has 2 heterocycles. The highest BCUT2D eigenvalue weighted by molar-refractivity contribution is 5.66. The van der Waals surface area contributed by atoms with Crippen molar-refractivity contribution in [1.29, 1.82) is 0 Å². The number of aromatic nitrogens is 3. The first-order chi connectivity index (χ1) is 9.06. The first-order valence-electron chi connectivity index (χ1n) is 5.70. The summed E-state index contributed by atoms with van der Waals surface area (Å²) in [5.74, 6) is -1.20. The van der Waals surface area contributed by atoms with E-state index in [1.807, 2.05) is 0 Å². The van der Waals surface area contributed by atoms with Gasteiger partial charge in [0.1, 0.15) is 0 Å². The van der Waals surface area contributed by atoms with Gasteiger partial charge in [-0.2, -0.15) is 0 Å². The predicted molar refractivity (Wildman–Crippen MR) is 62.6 cm³/mol. The van der Waals surface area contributed by atoms with E-state index in [9.17, 15) is 9.18 Å². The summed E-state index contributed by atoms with van der Waals surface area (Å²) in [4.78, 5) is 14.2. The van der Waals surface area contributed by atoms with E-state index in [0.29, 0.717) is 12.3 Å². The number of carboxylic acid groups (broad SMARTS) is 1. The molecule has 0 bridgehead atoms. The zero-order chi connectivity index (χ0) is 13.8. The van der Waals surface area contributed by atoms with Crippen molar-refractivity contribution in [2.45, 2.75) is 19.8 Å². The zero-order valence-electron chi connectivity index (χ0n) is 10.2. The molecule has 100 valence electrons. The van der Waals surface area contributed by atoms with Gasteiger partial charge in [-0.25, -0.2) is 4.39 Å². The Labute approximate surface area is 108 Å². The number of aliphatic carboxylic acids is 1. The predicted octanol–water partition coefficient (Wildman–Crippen LogP) is 1.92. The summed E-state index contributed by atoms with van der Waals surface area (Å²) in [7, 11) is 0. The molecule has 0 aliphatic heterocycles.